The van der Waals surface area contributed by atoms with Gasteiger partial charge in [-0.1, -0.05) is 18.2 Å². The lowest BCUT2D eigenvalue weighted by Gasteiger charge is -2.16. The van der Waals surface area contributed by atoms with E-state index in [2.05, 4.69) is 5.32 Å². The average Bonchev–Trinajstić information content (AvgIpc) is 2.41. The zero-order valence-corrected chi connectivity index (χ0v) is 11.4. The molecule has 0 saturated heterocycles. The molecule has 19 heavy (non-hydrogen) atoms. The molecule has 0 saturated carbocycles. The summed E-state index contributed by atoms with van der Waals surface area (Å²) < 4.78 is 26.0. The highest BCUT2D eigenvalue weighted by Crippen LogP contribution is 2.25. The lowest BCUT2D eigenvalue weighted by molar-refractivity contribution is 0.619. The molecule has 0 heterocycles. The number of thioether (sulfide) groups is 1. The smallest absolute Gasteiger partial charge is 0.124 e. The molecule has 2 rings (SSSR count). The maximum atomic E-state index is 13.1. The van der Waals surface area contributed by atoms with Gasteiger partial charge in [-0.3, -0.25) is 0 Å². The first-order valence-electron chi connectivity index (χ1n) is 6.00. The molecule has 0 aromatic heterocycles. The van der Waals surface area contributed by atoms with E-state index >= 15 is 0 Å². The van der Waals surface area contributed by atoms with Gasteiger partial charge in [0.1, 0.15) is 11.6 Å². The van der Waals surface area contributed by atoms with Crippen molar-refractivity contribution in [2.75, 3.05) is 12.8 Å². The van der Waals surface area contributed by atoms with Gasteiger partial charge < -0.3 is 5.32 Å². The maximum Gasteiger partial charge on any atom is 0.124 e. The van der Waals surface area contributed by atoms with Crippen molar-refractivity contribution >= 4 is 11.8 Å². The van der Waals surface area contributed by atoms with Crippen molar-refractivity contribution in [3.63, 3.8) is 0 Å². The average molecular weight is 279 g/mol. The summed E-state index contributed by atoms with van der Waals surface area (Å²) in [4.78, 5) is 0.891. The second-order valence-electron chi connectivity index (χ2n) is 4.16. The van der Waals surface area contributed by atoms with Crippen LogP contribution in [0.15, 0.2) is 53.4 Å². The number of benzene rings is 2. The Hall–Kier alpha value is -1.39. The molecule has 0 aliphatic carbocycles. The van der Waals surface area contributed by atoms with Gasteiger partial charge in [0, 0.05) is 16.7 Å². The summed E-state index contributed by atoms with van der Waals surface area (Å²) in [5.41, 5.74) is 1.02. The molecule has 0 spiro atoms. The van der Waals surface area contributed by atoms with Crippen molar-refractivity contribution in [2.24, 2.45) is 0 Å². The van der Waals surface area contributed by atoms with Gasteiger partial charge in [-0.05, 0) is 42.9 Å². The highest BCUT2D eigenvalue weighted by molar-refractivity contribution is 7.99. The number of halogens is 2. The predicted molar refractivity (Wildman–Crippen MR) is 75.3 cm³/mol. The van der Waals surface area contributed by atoms with Crippen LogP contribution in [0.2, 0.25) is 0 Å². The van der Waals surface area contributed by atoms with E-state index in [1.807, 2.05) is 13.1 Å². The van der Waals surface area contributed by atoms with E-state index in [0.29, 0.717) is 0 Å². The minimum atomic E-state index is -0.239. The van der Waals surface area contributed by atoms with Crippen LogP contribution in [0.1, 0.15) is 11.6 Å². The van der Waals surface area contributed by atoms with Crippen molar-refractivity contribution in [2.45, 2.75) is 10.9 Å². The van der Waals surface area contributed by atoms with Crippen LogP contribution in [0, 0.1) is 11.6 Å². The van der Waals surface area contributed by atoms with Crippen LogP contribution >= 0.6 is 11.8 Å². The Morgan fingerprint density at radius 1 is 1.05 bits per heavy atom. The highest BCUT2D eigenvalue weighted by atomic mass is 32.2. The van der Waals surface area contributed by atoms with Crippen LogP contribution in [0.4, 0.5) is 8.78 Å². The third-order valence-corrected chi connectivity index (χ3v) is 3.92. The standard InChI is InChI=1S/C15H15F2NS/c1-18-15(11-5-7-12(16)8-6-11)10-19-14-4-2-3-13(17)9-14/h2-9,15,18H,10H2,1H3. The molecule has 2 aromatic rings. The fourth-order valence-electron chi connectivity index (χ4n) is 1.78. The van der Waals surface area contributed by atoms with Crippen molar-refractivity contribution in [3.8, 4) is 0 Å². The normalized spacial score (nSPS) is 12.4. The van der Waals surface area contributed by atoms with Crippen molar-refractivity contribution < 1.29 is 8.78 Å². The summed E-state index contributed by atoms with van der Waals surface area (Å²) in [7, 11) is 1.86. The summed E-state index contributed by atoms with van der Waals surface area (Å²) >= 11 is 1.57. The van der Waals surface area contributed by atoms with Crippen LogP contribution in [-0.2, 0) is 0 Å². The summed E-state index contributed by atoms with van der Waals surface area (Å²) in [6, 6.07) is 13.1. The first-order valence-corrected chi connectivity index (χ1v) is 6.98. The molecule has 1 unspecified atom stereocenters. The van der Waals surface area contributed by atoms with E-state index < -0.39 is 0 Å². The van der Waals surface area contributed by atoms with Crippen molar-refractivity contribution in [1.29, 1.82) is 0 Å². The molecule has 0 fully saturated rings. The van der Waals surface area contributed by atoms with Crippen LogP contribution in [0.3, 0.4) is 0 Å². The minimum absolute atomic E-state index is 0.105. The second kappa shape index (κ2) is 6.68. The van der Waals surface area contributed by atoms with Crippen LogP contribution in [-0.4, -0.2) is 12.8 Å². The van der Waals surface area contributed by atoms with Gasteiger partial charge in [0.05, 0.1) is 0 Å². The molecule has 100 valence electrons. The first kappa shape index (κ1) is 14.0. The van der Waals surface area contributed by atoms with E-state index in [9.17, 15) is 8.78 Å². The van der Waals surface area contributed by atoms with E-state index in [1.165, 1.54) is 24.3 Å². The Bertz CT molecular complexity index is 528. The molecule has 0 bridgehead atoms. The summed E-state index contributed by atoms with van der Waals surface area (Å²) in [5, 5.41) is 3.19. The van der Waals surface area contributed by atoms with Crippen LogP contribution in [0.25, 0.3) is 0 Å². The van der Waals surface area contributed by atoms with Crippen molar-refractivity contribution in [3.05, 3.63) is 65.7 Å². The molecule has 1 atom stereocenters. The molecule has 1 N–H and O–H groups in total. The van der Waals surface area contributed by atoms with Gasteiger partial charge in [0.2, 0.25) is 0 Å². The van der Waals surface area contributed by atoms with Gasteiger partial charge in [-0.15, -0.1) is 11.8 Å². The zero-order chi connectivity index (χ0) is 13.7. The van der Waals surface area contributed by atoms with E-state index in [0.717, 1.165) is 16.2 Å². The van der Waals surface area contributed by atoms with Gasteiger partial charge in [-0.25, -0.2) is 8.78 Å². The predicted octanol–water partition coefficient (Wildman–Crippen LogP) is 4.02. The second-order valence-corrected chi connectivity index (χ2v) is 5.25. The lowest BCUT2D eigenvalue weighted by Crippen LogP contribution is -2.18. The molecule has 0 amide bonds. The van der Waals surface area contributed by atoms with E-state index in [4.69, 9.17) is 0 Å². The lowest BCUT2D eigenvalue weighted by atomic mass is 10.1. The quantitative estimate of drug-likeness (QED) is 0.830. The van der Waals surface area contributed by atoms with Crippen molar-refractivity contribution in [1.82, 2.24) is 5.32 Å². The SMILES string of the molecule is CNC(CSc1cccc(F)c1)c1ccc(F)cc1. The molecular formula is C15H15F2NS. The van der Waals surface area contributed by atoms with E-state index in [-0.39, 0.29) is 17.7 Å². The van der Waals surface area contributed by atoms with E-state index in [1.54, 1.807) is 30.0 Å². The van der Waals surface area contributed by atoms with Gasteiger partial charge >= 0.3 is 0 Å². The zero-order valence-electron chi connectivity index (χ0n) is 10.6. The van der Waals surface area contributed by atoms with Crippen LogP contribution in [0.5, 0.6) is 0 Å². The third kappa shape index (κ3) is 4.04. The largest absolute Gasteiger partial charge is 0.312 e. The summed E-state index contributed by atoms with van der Waals surface area (Å²) in [6.07, 6.45) is 0. The number of rotatable bonds is 5. The maximum absolute atomic E-state index is 13.1. The molecule has 0 radical (unpaired) electrons. The Morgan fingerprint density at radius 2 is 1.79 bits per heavy atom. The number of hydrogen-bond donors (Lipinski definition) is 1. The van der Waals surface area contributed by atoms with Gasteiger partial charge in [0.25, 0.3) is 0 Å². The molecule has 0 aliphatic rings. The monoisotopic (exact) mass is 279 g/mol. The molecule has 4 heteroatoms. The fourth-order valence-corrected chi connectivity index (χ4v) is 2.87. The summed E-state index contributed by atoms with van der Waals surface area (Å²) in [6.45, 7) is 0. The molecular weight excluding hydrogens is 264 g/mol. The Balaban J connectivity index is 2.01. The van der Waals surface area contributed by atoms with Gasteiger partial charge in [0.15, 0.2) is 0 Å². The fraction of sp³-hybridized carbons (Fsp3) is 0.200. The molecule has 0 aliphatic heterocycles. The Morgan fingerprint density at radius 3 is 2.42 bits per heavy atom. The first-order chi connectivity index (χ1) is 9.19. The molecule has 1 nitrogen and oxygen atoms in total. The topological polar surface area (TPSA) is 12.0 Å². The number of hydrogen-bond acceptors (Lipinski definition) is 2. The Labute approximate surface area is 116 Å². The summed E-state index contributed by atoms with van der Waals surface area (Å²) in [5.74, 6) is 0.287. The minimum Gasteiger partial charge on any atom is -0.312 e. The number of nitrogens with one attached hydrogen (secondary N) is 1. The Kier molecular flexibility index (Phi) is 4.93. The van der Waals surface area contributed by atoms with Crippen LogP contribution < -0.4 is 5.32 Å². The molecule has 2 aromatic carbocycles. The van der Waals surface area contributed by atoms with Gasteiger partial charge in [-0.2, -0.15) is 0 Å². The highest BCUT2D eigenvalue weighted by Gasteiger charge is 2.10. The third-order valence-electron chi connectivity index (χ3n) is 2.83.